The van der Waals surface area contributed by atoms with Crippen molar-refractivity contribution in [3.63, 3.8) is 0 Å². The van der Waals surface area contributed by atoms with E-state index in [0.29, 0.717) is 6.04 Å². The van der Waals surface area contributed by atoms with E-state index >= 15 is 0 Å². The van der Waals surface area contributed by atoms with Gasteiger partial charge in [0.15, 0.2) is 0 Å². The first-order chi connectivity index (χ1) is 9.24. The number of hydrogen-bond donors (Lipinski definition) is 1. The van der Waals surface area contributed by atoms with Crippen LogP contribution in [0.25, 0.3) is 0 Å². The van der Waals surface area contributed by atoms with E-state index in [0.717, 1.165) is 31.8 Å². The van der Waals surface area contributed by atoms with Gasteiger partial charge in [-0.1, -0.05) is 0 Å². The summed E-state index contributed by atoms with van der Waals surface area (Å²) in [5.41, 5.74) is 6.31. The highest BCUT2D eigenvalue weighted by Gasteiger charge is 2.34. The first-order valence-corrected chi connectivity index (χ1v) is 7.31. The van der Waals surface area contributed by atoms with Crippen LogP contribution < -0.4 is 5.73 Å². The molecule has 3 atom stereocenters. The molecule has 3 unspecified atom stereocenters. The summed E-state index contributed by atoms with van der Waals surface area (Å²) in [6, 6.07) is 0.760. The van der Waals surface area contributed by atoms with Gasteiger partial charge in [-0.2, -0.15) is 0 Å². The van der Waals surface area contributed by atoms with Gasteiger partial charge in [-0.25, -0.2) is 4.98 Å². The Bertz CT molecular complexity index is 419. The molecule has 5 heteroatoms. The smallest absolute Gasteiger partial charge is 0.108 e. The van der Waals surface area contributed by atoms with Gasteiger partial charge in [0.1, 0.15) is 5.82 Å². The fourth-order valence-electron chi connectivity index (χ4n) is 3.22. The Labute approximate surface area is 114 Å². The van der Waals surface area contributed by atoms with Crippen LogP contribution in [0.2, 0.25) is 0 Å². The number of ether oxygens (including phenoxy) is 1. The Hall–Kier alpha value is -0.910. The average Bonchev–Trinajstić information content (AvgIpc) is 3.03. The zero-order chi connectivity index (χ0) is 13.2. The molecule has 5 nitrogen and oxygen atoms in total. The number of aryl methyl sites for hydroxylation is 2. The predicted octanol–water partition coefficient (Wildman–Crippen LogP) is 0.543. The van der Waals surface area contributed by atoms with Gasteiger partial charge < -0.3 is 15.0 Å². The monoisotopic (exact) mass is 264 g/mol. The molecular weight excluding hydrogens is 240 g/mol. The Morgan fingerprint density at radius 1 is 1.58 bits per heavy atom. The van der Waals surface area contributed by atoms with Crippen LogP contribution in [0.5, 0.6) is 0 Å². The number of morpholine rings is 1. The molecule has 2 saturated heterocycles. The Morgan fingerprint density at radius 3 is 3.26 bits per heavy atom. The van der Waals surface area contributed by atoms with Crippen LogP contribution >= 0.6 is 0 Å². The van der Waals surface area contributed by atoms with E-state index in [-0.39, 0.29) is 12.1 Å². The van der Waals surface area contributed by atoms with Gasteiger partial charge in [0.05, 0.1) is 12.7 Å². The fourth-order valence-corrected chi connectivity index (χ4v) is 3.22. The van der Waals surface area contributed by atoms with Crippen molar-refractivity contribution in [2.45, 2.75) is 43.9 Å². The van der Waals surface area contributed by atoms with Crippen molar-refractivity contribution in [2.24, 2.45) is 12.8 Å². The molecule has 2 aliphatic heterocycles. The molecular formula is C14H24N4O. The second kappa shape index (κ2) is 5.61. The van der Waals surface area contributed by atoms with Gasteiger partial charge in [0, 0.05) is 44.5 Å². The van der Waals surface area contributed by atoms with E-state index in [2.05, 4.69) is 14.5 Å². The van der Waals surface area contributed by atoms with Crippen LogP contribution in [0.1, 0.15) is 25.1 Å². The number of nitrogens with two attached hydrogens (primary N) is 1. The van der Waals surface area contributed by atoms with E-state index in [1.54, 1.807) is 0 Å². The molecule has 2 N–H and O–H groups in total. The van der Waals surface area contributed by atoms with Crippen LogP contribution in [0, 0.1) is 0 Å². The molecule has 0 spiro atoms. The van der Waals surface area contributed by atoms with Crippen molar-refractivity contribution in [2.75, 3.05) is 19.7 Å². The zero-order valence-corrected chi connectivity index (χ0v) is 11.7. The molecule has 2 fully saturated rings. The first-order valence-electron chi connectivity index (χ1n) is 7.31. The van der Waals surface area contributed by atoms with Crippen LogP contribution in [0.15, 0.2) is 12.4 Å². The maximum absolute atomic E-state index is 6.31. The summed E-state index contributed by atoms with van der Waals surface area (Å²) in [5.74, 6) is 1.10. The number of nitrogens with zero attached hydrogens (tertiary/aromatic N) is 3. The third kappa shape index (κ3) is 2.83. The quantitative estimate of drug-likeness (QED) is 0.862. The summed E-state index contributed by atoms with van der Waals surface area (Å²) in [6.07, 6.45) is 8.47. The van der Waals surface area contributed by atoms with Crippen molar-refractivity contribution < 1.29 is 4.74 Å². The molecule has 0 aromatic carbocycles. The molecule has 2 aliphatic rings. The Balaban J connectivity index is 1.50. The maximum Gasteiger partial charge on any atom is 0.108 e. The zero-order valence-electron chi connectivity index (χ0n) is 11.7. The summed E-state index contributed by atoms with van der Waals surface area (Å²) < 4.78 is 8.02. The summed E-state index contributed by atoms with van der Waals surface area (Å²) in [4.78, 5) is 6.89. The van der Waals surface area contributed by atoms with Crippen molar-refractivity contribution >= 4 is 0 Å². The highest BCUT2D eigenvalue weighted by molar-refractivity contribution is 4.94. The number of fused-ring (bicyclic) bond motifs is 1. The van der Waals surface area contributed by atoms with Crippen molar-refractivity contribution in [1.29, 1.82) is 0 Å². The fraction of sp³-hybridized carbons (Fsp3) is 0.786. The molecule has 1 aromatic heterocycles. The molecule has 3 heterocycles. The summed E-state index contributed by atoms with van der Waals surface area (Å²) >= 11 is 0. The predicted molar refractivity (Wildman–Crippen MR) is 73.8 cm³/mol. The third-order valence-electron chi connectivity index (χ3n) is 4.52. The average molecular weight is 264 g/mol. The van der Waals surface area contributed by atoms with Crippen LogP contribution in [-0.2, 0) is 18.2 Å². The second-order valence-corrected chi connectivity index (χ2v) is 5.82. The minimum atomic E-state index is 0.109. The molecule has 0 radical (unpaired) electrons. The maximum atomic E-state index is 6.31. The molecule has 1 aromatic rings. The van der Waals surface area contributed by atoms with Gasteiger partial charge in [-0.3, -0.25) is 4.90 Å². The lowest BCUT2D eigenvalue weighted by Crippen LogP contribution is -2.52. The molecule has 0 bridgehead atoms. The van der Waals surface area contributed by atoms with Crippen molar-refractivity contribution in [1.82, 2.24) is 14.5 Å². The summed E-state index contributed by atoms with van der Waals surface area (Å²) in [7, 11) is 2.03. The topological polar surface area (TPSA) is 56.3 Å². The standard InChI is InChI=1S/C14H24N4O/c1-17-8-6-16-14(17)5-4-12(15)13-9-18-7-2-3-11(18)10-19-13/h6,8,11-13H,2-5,7,9-10,15H2,1H3. The normalized spacial score (nSPS) is 29.4. The largest absolute Gasteiger partial charge is 0.374 e. The highest BCUT2D eigenvalue weighted by atomic mass is 16.5. The van der Waals surface area contributed by atoms with Gasteiger partial charge in [0.2, 0.25) is 0 Å². The van der Waals surface area contributed by atoms with Crippen LogP contribution in [0.3, 0.4) is 0 Å². The molecule has 0 aliphatic carbocycles. The highest BCUT2D eigenvalue weighted by Crippen LogP contribution is 2.24. The summed E-state index contributed by atoms with van der Waals surface area (Å²) in [6.45, 7) is 3.09. The lowest BCUT2D eigenvalue weighted by Gasteiger charge is -2.37. The van der Waals surface area contributed by atoms with Crippen molar-refractivity contribution in [3.05, 3.63) is 18.2 Å². The van der Waals surface area contributed by atoms with E-state index in [4.69, 9.17) is 10.5 Å². The van der Waals surface area contributed by atoms with E-state index in [9.17, 15) is 0 Å². The van der Waals surface area contributed by atoms with Crippen molar-refractivity contribution in [3.8, 4) is 0 Å². The van der Waals surface area contributed by atoms with Gasteiger partial charge in [-0.15, -0.1) is 0 Å². The van der Waals surface area contributed by atoms with Gasteiger partial charge in [-0.05, 0) is 25.8 Å². The SMILES string of the molecule is Cn1ccnc1CCC(N)C1CN2CCCC2CO1. The van der Waals surface area contributed by atoms with E-state index in [1.807, 2.05) is 19.4 Å². The number of rotatable bonds is 4. The second-order valence-electron chi connectivity index (χ2n) is 5.82. The summed E-state index contributed by atoms with van der Waals surface area (Å²) in [5, 5.41) is 0. The van der Waals surface area contributed by atoms with E-state index in [1.165, 1.54) is 19.4 Å². The lowest BCUT2D eigenvalue weighted by atomic mass is 10.0. The minimum absolute atomic E-state index is 0.109. The molecule has 3 rings (SSSR count). The molecule has 0 saturated carbocycles. The van der Waals surface area contributed by atoms with E-state index < -0.39 is 0 Å². The third-order valence-corrected chi connectivity index (χ3v) is 4.52. The first kappa shape index (κ1) is 13.1. The lowest BCUT2D eigenvalue weighted by molar-refractivity contribution is -0.0600. The molecule has 19 heavy (non-hydrogen) atoms. The number of imidazole rings is 1. The van der Waals surface area contributed by atoms with Gasteiger partial charge >= 0.3 is 0 Å². The molecule has 106 valence electrons. The van der Waals surface area contributed by atoms with Crippen LogP contribution in [-0.4, -0.2) is 52.3 Å². The molecule has 0 amide bonds. The van der Waals surface area contributed by atoms with Gasteiger partial charge in [0.25, 0.3) is 0 Å². The minimum Gasteiger partial charge on any atom is -0.374 e. The Morgan fingerprint density at radius 2 is 2.47 bits per heavy atom. The van der Waals surface area contributed by atoms with Crippen LogP contribution in [0.4, 0.5) is 0 Å². The number of hydrogen-bond acceptors (Lipinski definition) is 4. The Kier molecular flexibility index (Phi) is 3.86. The number of aromatic nitrogens is 2.